The molecule has 0 heterocycles. The van der Waals surface area contributed by atoms with E-state index in [1.54, 1.807) is 0 Å². The van der Waals surface area contributed by atoms with Gasteiger partial charge >= 0.3 is 6.18 Å². The predicted octanol–water partition coefficient (Wildman–Crippen LogP) is 3.81. The highest BCUT2D eigenvalue weighted by Crippen LogP contribution is 2.38. The fraction of sp³-hybridized carbons (Fsp3) is 0.222. The molecular formula is C9H5BrF4O. The average molecular weight is 285 g/mol. The van der Waals surface area contributed by atoms with Crippen molar-refractivity contribution in [2.45, 2.75) is 13.1 Å². The maximum absolute atomic E-state index is 12.8. The molecule has 1 nitrogen and oxygen atoms in total. The molecule has 6 heteroatoms. The van der Waals surface area contributed by atoms with Crippen LogP contribution in [0.25, 0.3) is 0 Å². The van der Waals surface area contributed by atoms with Crippen molar-refractivity contribution in [2.24, 2.45) is 0 Å². The number of hydrogen-bond donors (Lipinski definition) is 0. The second kappa shape index (κ2) is 3.92. The minimum atomic E-state index is -4.69. The van der Waals surface area contributed by atoms with E-state index >= 15 is 0 Å². The number of alkyl halides is 3. The largest absolute Gasteiger partial charge is 0.418 e. The minimum Gasteiger partial charge on any atom is -0.294 e. The zero-order valence-electron chi connectivity index (χ0n) is 7.45. The molecule has 0 N–H and O–H groups in total. The summed E-state index contributed by atoms with van der Waals surface area (Å²) < 4.78 is 49.8. The summed E-state index contributed by atoms with van der Waals surface area (Å²) in [6, 6.07) is 1.26. The third kappa shape index (κ3) is 2.56. The normalized spacial score (nSPS) is 11.6. The molecule has 0 unspecified atom stereocenters. The lowest BCUT2D eigenvalue weighted by molar-refractivity contribution is -0.138. The molecule has 0 aliphatic carbocycles. The number of halogens is 5. The Kier molecular flexibility index (Phi) is 3.18. The van der Waals surface area contributed by atoms with Gasteiger partial charge in [0.25, 0.3) is 0 Å². The molecule has 1 rings (SSSR count). The molecule has 1 aromatic rings. The van der Waals surface area contributed by atoms with Crippen molar-refractivity contribution in [3.05, 3.63) is 33.5 Å². The van der Waals surface area contributed by atoms with Gasteiger partial charge in [-0.3, -0.25) is 4.79 Å². The number of carbonyl (C=O) groups is 1. The Balaban J connectivity index is 3.55. The maximum Gasteiger partial charge on any atom is 0.418 e. The topological polar surface area (TPSA) is 17.1 Å². The van der Waals surface area contributed by atoms with Crippen LogP contribution in [-0.2, 0) is 6.18 Å². The molecule has 0 aromatic heterocycles. The Morgan fingerprint density at radius 3 is 2.27 bits per heavy atom. The number of carbonyl (C=O) groups excluding carboxylic acids is 1. The Bertz CT molecular complexity index is 411. The fourth-order valence-electron chi connectivity index (χ4n) is 1.14. The Hall–Kier alpha value is -0.910. The van der Waals surface area contributed by atoms with E-state index < -0.39 is 33.4 Å². The first-order valence-corrected chi connectivity index (χ1v) is 4.60. The fourth-order valence-corrected chi connectivity index (χ4v) is 1.80. The minimum absolute atomic E-state index is 0.472. The van der Waals surface area contributed by atoms with Crippen molar-refractivity contribution >= 4 is 21.7 Å². The van der Waals surface area contributed by atoms with Crippen LogP contribution in [0.4, 0.5) is 17.6 Å². The van der Waals surface area contributed by atoms with E-state index in [9.17, 15) is 22.4 Å². The molecule has 15 heavy (non-hydrogen) atoms. The van der Waals surface area contributed by atoms with Crippen LogP contribution < -0.4 is 0 Å². The van der Waals surface area contributed by atoms with Gasteiger partial charge in [-0.25, -0.2) is 4.39 Å². The van der Waals surface area contributed by atoms with Crippen molar-refractivity contribution in [3.63, 3.8) is 0 Å². The van der Waals surface area contributed by atoms with Crippen LogP contribution in [0.5, 0.6) is 0 Å². The summed E-state index contributed by atoms with van der Waals surface area (Å²) in [5, 5.41) is 0. The zero-order chi connectivity index (χ0) is 11.8. The molecule has 0 aliphatic heterocycles. The number of rotatable bonds is 1. The van der Waals surface area contributed by atoms with E-state index in [-0.39, 0.29) is 0 Å². The molecule has 0 radical (unpaired) electrons. The van der Waals surface area contributed by atoms with Gasteiger partial charge in [0.05, 0.1) is 5.56 Å². The number of Topliss-reactive ketones (excluding diaryl/α,β-unsaturated/α-hetero) is 1. The van der Waals surface area contributed by atoms with Crippen molar-refractivity contribution in [3.8, 4) is 0 Å². The lowest BCUT2D eigenvalue weighted by Gasteiger charge is -2.12. The van der Waals surface area contributed by atoms with Gasteiger partial charge in [0, 0.05) is 10.0 Å². The lowest BCUT2D eigenvalue weighted by Crippen LogP contribution is -2.13. The van der Waals surface area contributed by atoms with Gasteiger partial charge in [-0.2, -0.15) is 13.2 Å². The predicted molar refractivity (Wildman–Crippen MR) is 49.1 cm³/mol. The summed E-state index contributed by atoms with van der Waals surface area (Å²) >= 11 is 2.59. The quantitative estimate of drug-likeness (QED) is 0.566. The number of hydrogen-bond acceptors (Lipinski definition) is 1. The molecule has 0 spiro atoms. The molecule has 0 bridgehead atoms. The summed E-state index contributed by atoms with van der Waals surface area (Å²) in [5.74, 6) is -1.72. The number of benzene rings is 1. The Morgan fingerprint density at radius 2 is 1.87 bits per heavy atom. The molecule has 0 amide bonds. The first kappa shape index (κ1) is 12.2. The van der Waals surface area contributed by atoms with Gasteiger partial charge in [-0.05, 0) is 19.1 Å². The molecule has 1 aromatic carbocycles. The molecule has 0 aliphatic rings. The average Bonchev–Trinajstić information content (AvgIpc) is 1.99. The van der Waals surface area contributed by atoms with E-state index in [0.29, 0.717) is 12.1 Å². The molecule has 82 valence electrons. The third-order valence-corrected chi connectivity index (χ3v) is 2.34. The monoisotopic (exact) mass is 284 g/mol. The van der Waals surface area contributed by atoms with Crippen LogP contribution in [-0.4, -0.2) is 5.78 Å². The van der Waals surface area contributed by atoms with Crippen LogP contribution in [0, 0.1) is 5.82 Å². The van der Waals surface area contributed by atoms with E-state index in [1.807, 2.05) is 0 Å². The SMILES string of the molecule is CC(=O)c1cc(F)cc(Br)c1C(F)(F)F. The Morgan fingerprint density at radius 1 is 1.33 bits per heavy atom. The second-order valence-electron chi connectivity index (χ2n) is 2.86. The summed E-state index contributed by atoms with van der Waals surface area (Å²) in [5.41, 5.74) is -1.81. The molecule has 0 saturated heterocycles. The lowest BCUT2D eigenvalue weighted by atomic mass is 10.0. The van der Waals surface area contributed by atoms with Gasteiger partial charge < -0.3 is 0 Å². The van der Waals surface area contributed by atoms with Crippen LogP contribution in [0.2, 0.25) is 0 Å². The van der Waals surface area contributed by atoms with E-state index in [0.717, 1.165) is 6.92 Å². The van der Waals surface area contributed by atoms with Crippen molar-refractivity contribution in [1.29, 1.82) is 0 Å². The standard InChI is InChI=1S/C9H5BrF4O/c1-4(15)6-2-5(11)3-7(10)8(6)9(12,13)14/h2-3H,1H3. The second-order valence-corrected chi connectivity index (χ2v) is 3.72. The summed E-state index contributed by atoms with van der Waals surface area (Å²) in [6.45, 7) is 0.955. The van der Waals surface area contributed by atoms with Crippen molar-refractivity contribution in [2.75, 3.05) is 0 Å². The summed E-state index contributed by atoms with van der Waals surface area (Å²) in [7, 11) is 0. The van der Waals surface area contributed by atoms with Gasteiger partial charge in [0.15, 0.2) is 5.78 Å². The molecule has 0 fully saturated rings. The summed E-state index contributed by atoms with van der Waals surface area (Å²) in [4.78, 5) is 10.9. The highest BCUT2D eigenvalue weighted by Gasteiger charge is 2.37. The van der Waals surface area contributed by atoms with Crippen LogP contribution in [0.3, 0.4) is 0 Å². The molecule has 0 saturated carbocycles. The van der Waals surface area contributed by atoms with Crippen LogP contribution >= 0.6 is 15.9 Å². The first-order valence-electron chi connectivity index (χ1n) is 3.80. The zero-order valence-corrected chi connectivity index (χ0v) is 9.04. The molecule has 0 atom stereocenters. The van der Waals surface area contributed by atoms with Crippen molar-refractivity contribution < 1.29 is 22.4 Å². The maximum atomic E-state index is 12.8. The highest BCUT2D eigenvalue weighted by atomic mass is 79.9. The highest BCUT2D eigenvalue weighted by molar-refractivity contribution is 9.10. The van der Waals surface area contributed by atoms with Gasteiger partial charge in [-0.15, -0.1) is 0 Å². The first-order chi connectivity index (χ1) is 6.73. The molecular weight excluding hydrogens is 280 g/mol. The Labute approximate surface area is 91.2 Å². The van der Waals surface area contributed by atoms with Gasteiger partial charge in [-0.1, -0.05) is 15.9 Å². The van der Waals surface area contributed by atoms with Crippen molar-refractivity contribution in [1.82, 2.24) is 0 Å². The third-order valence-electron chi connectivity index (χ3n) is 1.72. The van der Waals surface area contributed by atoms with E-state index in [2.05, 4.69) is 15.9 Å². The van der Waals surface area contributed by atoms with E-state index in [4.69, 9.17) is 0 Å². The number of ketones is 1. The van der Waals surface area contributed by atoms with Gasteiger partial charge in [0.2, 0.25) is 0 Å². The smallest absolute Gasteiger partial charge is 0.294 e. The van der Waals surface area contributed by atoms with E-state index in [1.165, 1.54) is 0 Å². The van der Waals surface area contributed by atoms with Crippen LogP contribution in [0.15, 0.2) is 16.6 Å². The van der Waals surface area contributed by atoms with Gasteiger partial charge in [0.1, 0.15) is 5.82 Å². The van der Waals surface area contributed by atoms with Crippen LogP contribution in [0.1, 0.15) is 22.8 Å². The summed E-state index contributed by atoms with van der Waals surface area (Å²) in [6.07, 6.45) is -4.69.